The fourth-order valence-electron chi connectivity index (χ4n) is 1.87. The molecule has 2 aliphatic rings. The van der Waals surface area contributed by atoms with Crippen molar-refractivity contribution >= 4 is 17.8 Å². The Labute approximate surface area is 81.4 Å². The average Bonchev–Trinajstić information content (AvgIpc) is 2.61. The number of para-hydroxylation sites is 1. The predicted octanol–water partition coefficient (Wildman–Crippen LogP) is 1.80. The van der Waals surface area contributed by atoms with Gasteiger partial charge in [0.25, 0.3) is 0 Å². The van der Waals surface area contributed by atoms with Gasteiger partial charge in [0, 0.05) is 11.8 Å². The molecule has 0 aromatic heterocycles. The second-order valence-corrected chi connectivity index (χ2v) is 3.37. The van der Waals surface area contributed by atoms with Crippen molar-refractivity contribution in [1.29, 1.82) is 0 Å². The van der Waals surface area contributed by atoms with E-state index in [1.165, 1.54) is 0 Å². The summed E-state index contributed by atoms with van der Waals surface area (Å²) in [4.78, 5) is 17.7. The molecule has 1 unspecified atom stereocenters. The lowest BCUT2D eigenvalue weighted by atomic mass is 10.0. The van der Waals surface area contributed by atoms with Crippen molar-refractivity contribution in [2.45, 2.75) is 6.04 Å². The molecule has 1 atom stereocenters. The maximum atomic E-state index is 11.6. The van der Waals surface area contributed by atoms with Crippen LogP contribution in [0.1, 0.15) is 11.6 Å². The van der Waals surface area contributed by atoms with Gasteiger partial charge in [-0.2, -0.15) is 0 Å². The fraction of sp³-hybridized carbons (Fsp3) is 0.0909. The Balaban J connectivity index is 2.19. The zero-order valence-corrected chi connectivity index (χ0v) is 7.42. The molecular formula is C11H8N2O. The van der Waals surface area contributed by atoms with Crippen molar-refractivity contribution in [1.82, 2.24) is 4.90 Å². The van der Waals surface area contributed by atoms with Crippen LogP contribution in [0.15, 0.2) is 41.5 Å². The molecule has 0 fully saturated rings. The molecular weight excluding hydrogens is 176 g/mol. The van der Waals surface area contributed by atoms with Crippen LogP contribution in [-0.2, 0) is 4.79 Å². The summed E-state index contributed by atoms with van der Waals surface area (Å²) in [6.07, 6.45) is 5.07. The van der Waals surface area contributed by atoms with Crippen LogP contribution in [0, 0.1) is 0 Å². The summed E-state index contributed by atoms with van der Waals surface area (Å²) in [5.74, 6) is 0.128. The maximum absolute atomic E-state index is 11.6. The van der Waals surface area contributed by atoms with Gasteiger partial charge in [-0.1, -0.05) is 18.2 Å². The first-order valence-electron chi connectivity index (χ1n) is 4.49. The monoisotopic (exact) mass is 184 g/mol. The van der Waals surface area contributed by atoms with Gasteiger partial charge in [0.1, 0.15) is 6.04 Å². The molecule has 3 rings (SSSR count). The molecule has 14 heavy (non-hydrogen) atoms. The molecule has 0 radical (unpaired) electrons. The second kappa shape index (κ2) is 2.54. The molecule has 3 nitrogen and oxygen atoms in total. The Morgan fingerprint density at radius 1 is 1.29 bits per heavy atom. The Morgan fingerprint density at radius 2 is 2.14 bits per heavy atom. The average molecular weight is 184 g/mol. The summed E-state index contributed by atoms with van der Waals surface area (Å²) in [6.45, 7) is 0. The van der Waals surface area contributed by atoms with E-state index in [2.05, 4.69) is 4.99 Å². The number of ketones is 1. The van der Waals surface area contributed by atoms with E-state index in [9.17, 15) is 4.79 Å². The number of hydrogen-bond donors (Lipinski definition) is 0. The van der Waals surface area contributed by atoms with Crippen LogP contribution in [0.3, 0.4) is 0 Å². The van der Waals surface area contributed by atoms with Gasteiger partial charge in [-0.15, -0.1) is 0 Å². The van der Waals surface area contributed by atoms with Crippen LogP contribution in [0.5, 0.6) is 0 Å². The molecule has 3 heteroatoms. The third kappa shape index (κ3) is 0.865. The number of hydrogen-bond acceptors (Lipinski definition) is 3. The highest BCUT2D eigenvalue weighted by molar-refractivity contribution is 6.01. The largest absolute Gasteiger partial charge is 0.324 e. The molecule has 2 aliphatic heterocycles. The molecule has 0 amide bonds. The number of aliphatic imine (C=N–C) groups is 1. The molecule has 0 saturated heterocycles. The number of nitrogens with zero attached hydrogens (tertiary/aromatic N) is 2. The number of rotatable bonds is 0. The highest BCUT2D eigenvalue weighted by Crippen LogP contribution is 2.35. The van der Waals surface area contributed by atoms with E-state index in [1.54, 1.807) is 18.6 Å². The smallest absolute Gasteiger partial charge is 0.184 e. The molecule has 1 aromatic carbocycles. The van der Waals surface area contributed by atoms with Crippen molar-refractivity contribution in [3.8, 4) is 0 Å². The minimum Gasteiger partial charge on any atom is -0.324 e. The molecule has 2 heterocycles. The van der Waals surface area contributed by atoms with Crippen LogP contribution in [0.25, 0.3) is 0 Å². The second-order valence-electron chi connectivity index (χ2n) is 3.37. The van der Waals surface area contributed by atoms with E-state index >= 15 is 0 Å². The van der Waals surface area contributed by atoms with E-state index in [4.69, 9.17) is 0 Å². The van der Waals surface area contributed by atoms with Crippen LogP contribution in [0.2, 0.25) is 0 Å². The normalized spacial score (nSPS) is 22.4. The van der Waals surface area contributed by atoms with Crippen LogP contribution >= 0.6 is 0 Å². The first kappa shape index (κ1) is 7.50. The van der Waals surface area contributed by atoms with E-state index in [0.29, 0.717) is 0 Å². The molecule has 68 valence electrons. The standard InChI is InChI=1S/C11H8N2O/c14-10-5-6-13-7-12-9-4-2-1-3-8(9)11(10)13/h1-7,11H. The first-order chi connectivity index (χ1) is 6.86. The van der Waals surface area contributed by atoms with Gasteiger partial charge in [-0.25, -0.2) is 4.99 Å². The summed E-state index contributed by atoms with van der Waals surface area (Å²) in [6, 6.07) is 7.56. The third-order valence-electron chi connectivity index (χ3n) is 2.54. The molecule has 0 bridgehead atoms. The highest BCUT2D eigenvalue weighted by Gasteiger charge is 2.31. The Bertz CT molecular complexity index is 462. The summed E-state index contributed by atoms with van der Waals surface area (Å²) < 4.78 is 0. The van der Waals surface area contributed by atoms with Gasteiger partial charge in [-0.05, 0) is 12.1 Å². The summed E-state index contributed by atoms with van der Waals surface area (Å²) in [7, 11) is 0. The molecule has 1 aromatic rings. The van der Waals surface area contributed by atoms with Crippen molar-refractivity contribution in [2.75, 3.05) is 0 Å². The van der Waals surface area contributed by atoms with E-state index in [-0.39, 0.29) is 11.8 Å². The molecule has 0 saturated carbocycles. The van der Waals surface area contributed by atoms with Crippen molar-refractivity contribution < 1.29 is 4.79 Å². The predicted molar refractivity (Wildman–Crippen MR) is 53.3 cm³/mol. The Morgan fingerprint density at radius 3 is 3.07 bits per heavy atom. The molecule has 0 aliphatic carbocycles. The number of carbonyl (C=O) groups excluding carboxylic acids is 1. The highest BCUT2D eigenvalue weighted by atomic mass is 16.1. The zero-order chi connectivity index (χ0) is 9.54. The summed E-state index contributed by atoms with van der Waals surface area (Å²) in [5, 5.41) is 0. The van der Waals surface area contributed by atoms with Crippen molar-refractivity contribution in [2.24, 2.45) is 4.99 Å². The van der Waals surface area contributed by atoms with Crippen molar-refractivity contribution in [3.05, 3.63) is 42.1 Å². The maximum Gasteiger partial charge on any atom is 0.184 e. The summed E-state index contributed by atoms with van der Waals surface area (Å²) in [5.41, 5.74) is 1.89. The van der Waals surface area contributed by atoms with Gasteiger partial charge in [0.05, 0.1) is 12.0 Å². The minimum absolute atomic E-state index is 0.128. The number of carbonyl (C=O) groups is 1. The Hall–Kier alpha value is -1.90. The fourth-order valence-corrected chi connectivity index (χ4v) is 1.87. The minimum atomic E-state index is -0.177. The van der Waals surface area contributed by atoms with E-state index < -0.39 is 0 Å². The quantitative estimate of drug-likeness (QED) is 0.615. The van der Waals surface area contributed by atoms with E-state index in [1.807, 2.05) is 29.2 Å². The lowest BCUT2D eigenvalue weighted by molar-refractivity contribution is -0.116. The first-order valence-corrected chi connectivity index (χ1v) is 4.49. The Kier molecular flexibility index (Phi) is 1.36. The number of benzene rings is 1. The van der Waals surface area contributed by atoms with E-state index in [0.717, 1.165) is 11.3 Å². The topological polar surface area (TPSA) is 32.7 Å². The lowest BCUT2D eigenvalue weighted by Crippen LogP contribution is -2.25. The molecule has 0 spiro atoms. The van der Waals surface area contributed by atoms with Crippen LogP contribution < -0.4 is 0 Å². The van der Waals surface area contributed by atoms with Gasteiger partial charge in [0.2, 0.25) is 0 Å². The van der Waals surface area contributed by atoms with Gasteiger partial charge >= 0.3 is 0 Å². The summed E-state index contributed by atoms with van der Waals surface area (Å²) >= 11 is 0. The van der Waals surface area contributed by atoms with Gasteiger partial charge < -0.3 is 4.90 Å². The van der Waals surface area contributed by atoms with Crippen molar-refractivity contribution in [3.63, 3.8) is 0 Å². The zero-order valence-electron chi connectivity index (χ0n) is 7.42. The lowest BCUT2D eigenvalue weighted by Gasteiger charge is -2.25. The molecule has 0 N–H and O–H groups in total. The van der Waals surface area contributed by atoms with Crippen LogP contribution in [0.4, 0.5) is 5.69 Å². The van der Waals surface area contributed by atoms with Gasteiger partial charge in [0.15, 0.2) is 5.78 Å². The SMILES string of the molecule is O=C1C=CN2C=Nc3ccccc3C12. The number of fused-ring (bicyclic) bond motifs is 3. The third-order valence-corrected chi connectivity index (χ3v) is 2.54. The van der Waals surface area contributed by atoms with Gasteiger partial charge in [-0.3, -0.25) is 4.79 Å². The van der Waals surface area contributed by atoms with Crippen LogP contribution in [-0.4, -0.2) is 17.0 Å².